The predicted molar refractivity (Wildman–Crippen MR) is 123 cm³/mol. The van der Waals surface area contributed by atoms with Gasteiger partial charge in [-0.05, 0) is 72.2 Å². The molecule has 156 valence electrons. The molecule has 0 aliphatic carbocycles. The van der Waals surface area contributed by atoms with Gasteiger partial charge >= 0.3 is 0 Å². The zero-order valence-electron chi connectivity index (χ0n) is 18.2. The van der Waals surface area contributed by atoms with Crippen LogP contribution in [-0.4, -0.2) is 14.2 Å². The first-order valence-corrected chi connectivity index (χ1v) is 10.4. The topological polar surface area (TPSA) is 43.2 Å². The van der Waals surface area contributed by atoms with Crippen LogP contribution in [0.5, 0.6) is 11.5 Å². The lowest BCUT2D eigenvalue weighted by molar-refractivity contribution is 0.391. The lowest BCUT2D eigenvalue weighted by atomic mass is 9.81. The second-order valence-electron chi connectivity index (χ2n) is 7.54. The summed E-state index contributed by atoms with van der Waals surface area (Å²) < 4.78 is 10.8. The molecule has 3 aromatic rings. The number of ether oxygens (including phenoxy) is 2. The van der Waals surface area contributed by atoms with Crippen LogP contribution < -0.4 is 9.47 Å². The summed E-state index contributed by atoms with van der Waals surface area (Å²) in [5.74, 6) is 2.60. The summed E-state index contributed by atoms with van der Waals surface area (Å²) in [6.07, 6.45) is 2.04. The minimum absolute atomic E-state index is 0.460. The van der Waals surface area contributed by atoms with Crippen LogP contribution in [0.25, 0.3) is 0 Å². The molecule has 3 aromatic carbocycles. The van der Waals surface area contributed by atoms with Crippen molar-refractivity contribution in [2.24, 2.45) is 16.1 Å². The van der Waals surface area contributed by atoms with Crippen molar-refractivity contribution in [1.82, 2.24) is 0 Å². The molecular formula is C26H30N2O2. The van der Waals surface area contributed by atoms with Crippen molar-refractivity contribution in [1.29, 1.82) is 0 Å². The van der Waals surface area contributed by atoms with E-state index in [0.717, 1.165) is 35.7 Å². The predicted octanol–water partition coefficient (Wildman–Crippen LogP) is 7.49. The van der Waals surface area contributed by atoms with E-state index in [2.05, 4.69) is 48.3 Å². The van der Waals surface area contributed by atoms with Gasteiger partial charge in [0.15, 0.2) is 0 Å². The Kier molecular flexibility index (Phi) is 7.61. The standard InChI is InChI=1S/C26H30N2O2/c1-5-26(19(2)15-20-16-24(29-3)18-25(17-20)30-4)21-11-13-23(14-12-21)28-27-22-9-7-6-8-10-22/h6-14,16-19,26H,5,15H2,1-4H3. The maximum Gasteiger partial charge on any atom is 0.122 e. The minimum atomic E-state index is 0.460. The maximum absolute atomic E-state index is 5.42. The Morgan fingerprint density at radius 1 is 0.767 bits per heavy atom. The first-order chi connectivity index (χ1) is 14.6. The van der Waals surface area contributed by atoms with Gasteiger partial charge < -0.3 is 9.47 Å². The molecule has 0 amide bonds. The molecule has 0 fully saturated rings. The number of benzene rings is 3. The van der Waals surface area contributed by atoms with Crippen LogP contribution in [0.1, 0.15) is 37.3 Å². The van der Waals surface area contributed by atoms with Gasteiger partial charge in [-0.25, -0.2) is 0 Å². The Balaban J connectivity index is 1.71. The summed E-state index contributed by atoms with van der Waals surface area (Å²) in [6, 6.07) is 24.3. The fourth-order valence-electron chi connectivity index (χ4n) is 3.86. The molecule has 2 atom stereocenters. The lowest BCUT2D eigenvalue weighted by Crippen LogP contribution is -2.12. The number of nitrogens with zero attached hydrogens (tertiary/aromatic N) is 2. The van der Waals surface area contributed by atoms with Crippen molar-refractivity contribution in [3.8, 4) is 11.5 Å². The summed E-state index contributed by atoms with van der Waals surface area (Å²) in [5, 5.41) is 8.65. The van der Waals surface area contributed by atoms with Crippen molar-refractivity contribution in [3.05, 3.63) is 83.9 Å². The van der Waals surface area contributed by atoms with Crippen LogP contribution in [0.15, 0.2) is 83.0 Å². The SMILES string of the molecule is CCC(c1ccc(N=Nc2ccccc2)cc1)C(C)Cc1cc(OC)cc(OC)c1. The van der Waals surface area contributed by atoms with E-state index in [-0.39, 0.29) is 0 Å². The van der Waals surface area contributed by atoms with Crippen LogP contribution in [0.3, 0.4) is 0 Å². The zero-order valence-corrected chi connectivity index (χ0v) is 18.2. The van der Waals surface area contributed by atoms with Gasteiger partial charge in [0.05, 0.1) is 25.6 Å². The van der Waals surface area contributed by atoms with E-state index in [1.807, 2.05) is 48.5 Å². The molecule has 0 aliphatic rings. The van der Waals surface area contributed by atoms with E-state index in [1.165, 1.54) is 11.1 Å². The fourth-order valence-corrected chi connectivity index (χ4v) is 3.86. The average Bonchev–Trinajstić information content (AvgIpc) is 2.79. The van der Waals surface area contributed by atoms with Crippen LogP contribution in [0.2, 0.25) is 0 Å². The molecule has 0 aliphatic heterocycles. The summed E-state index contributed by atoms with van der Waals surface area (Å²) in [5.41, 5.74) is 4.28. The van der Waals surface area contributed by atoms with E-state index < -0.39 is 0 Å². The van der Waals surface area contributed by atoms with E-state index in [0.29, 0.717) is 11.8 Å². The molecule has 0 N–H and O–H groups in total. The van der Waals surface area contributed by atoms with Crippen molar-refractivity contribution < 1.29 is 9.47 Å². The van der Waals surface area contributed by atoms with Gasteiger partial charge in [-0.15, -0.1) is 0 Å². The van der Waals surface area contributed by atoms with Gasteiger partial charge in [-0.2, -0.15) is 10.2 Å². The summed E-state index contributed by atoms with van der Waals surface area (Å²) in [4.78, 5) is 0. The number of methoxy groups -OCH3 is 2. The Labute approximate surface area is 179 Å². The van der Waals surface area contributed by atoms with Gasteiger partial charge in [0.2, 0.25) is 0 Å². The smallest absolute Gasteiger partial charge is 0.122 e. The molecule has 0 saturated heterocycles. The van der Waals surface area contributed by atoms with Crippen molar-refractivity contribution in [2.75, 3.05) is 14.2 Å². The van der Waals surface area contributed by atoms with E-state index in [9.17, 15) is 0 Å². The average molecular weight is 403 g/mol. The van der Waals surface area contributed by atoms with Crippen molar-refractivity contribution in [3.63, 3.8) is 0 Å². The van der Waals surface area contributed by atoms with Crippen molar-refractivity contribution in [2.45, 2.75) is 32.6 Å². The lowest BCUT2D eigenvalue weighted by Gasteiger charge is -2.24. The first-order valence-electron chi connectivity index (χ1n) is 10.4. The van der Waals surface area contributed by atoms with Gasteiger partial charge in [0.25, 0.3) is 0 Å². The third-order valence-corrected chi connectivity index (χ3v) is 5.45. The van der Waals surface area contributed by atoms with E-state index in [1.54, 1.807) is 14.2 Å². The highest BCUT2D eigenvalue weighted by Crippen LogP contribution is 2.33. The second-order valence-corrected chi connectivity index (χ2v) is 7.54. The van der Waals surface area contributed by atoms with E-state index in [4.69, 9.17) is 9.47 Å². The molecule has 0 spiro atoms. The van der Waals surface area contributed by atoms with Crippen LogP contribution in [-0.2, 0) is 6.42 Å². The Morgan fingerprint density at radius 2 is 1.33 bits per heavy atom. The Hall–Kier alpha value is -3.14. The molecule has 0 saturated carbocycles. The first kappa shape index (κ1) is 21.6. The molecule has 0 radical (unpaired) electrons. The fraction of sp³-hybridized carbons (Fsp3) is 0.308. The third-order valence-electron chi connectivity index (χ3n) is 5.45. The quantitative estimate of drug-likeness (QED) is 0.348. The van der Waals surface area contributed by atoms with Gasteiger partial charge in [0, 0.05) is 6.07 Å². The summed E-state index contributed by atoms with van der Waals surface area (Å²) in [7, 11) is 3.38. The van der Waals surface area contributed by atoms with Gasteiger partial charge in [0.1, 0.15) is 11.5 Å². The maximum atomic E-state index is 5.42. The molecule has 4 nitrogen and oxygen atoms in total. The van der Waals surface area contributed by atoms with Crippen molar-refractivity contribution >= 4 is 11.4 Å². The number of hydrogen-bond donors (Lipinski definition) is 0. The molecule has 2 unspecified atom stereocenters. The van der Waals surface area contributed by atoms with Gasteiger partial charge in [-0.1, -0.05) is 44.2 Å². The van der Waals surface area contributed by atoms with E-state index >= 15 is 0 Å². The van der Waals surface area contributed by atoms with Crippen LogP contribution in [0.4, 0.5) is 11.4 Å². The highest BCUT2D eigenvalue weighted by molar-refractivity contribution is 5.42. The molecule has 3 rings (SSSR count). The van der Waals surface area contributed by atoms with Gasteiger partial charge in [-0.3, -0.25) is 0 Å². The number of rotatable bonds is 9. The van der Waals surface area contributed by atoms with Crippen LogP contribution >= 0.6 is 0 Å². The monoisotopic (exact) mass is 402 g/mol. The molecular weight excluding hydrogens is 372 g/mol. The summed E-state index contributed by atoms with van der Waals surface area (Å²) >= 11 is 0. The normalized spacial score (nSPS) is 13.2. The molecule has 0 bridgehead atoms. The number of azo groups is 1. The zero-order chi connectivity index (χ0) is 21.3. The molecule has 30 heavy (non-hydrogen) atoms. The molecule has 0 aromatic heterocycles. The third kappa shape index (κ3) is 5.69. The Bertz CT molecular complexity index is 930. The van der Waals surface area contributed by atoms with Crippen LogP contribution in [0, 0.1) is 5.92 Å². The highest BCUT2D eigenvalue weighted by Gasteiger charge is 2.19. The molecule has 0 heterocycles. The second kappa shape index (κ2) is 10.6. The Morgan fingerprint density at radius 3 is 1.87 bits per heavy atom. The summed E-state index contributed by atoms with van der Waals surface area (Å²) in [6.45, 7) is 4.56. The highest BCUT2D eigenvalue weighted by atomic mass is 16.5. The molecule has 4 heteroatoms. The minimum Gasteiger partial charge on any atom is -0.497 e. The number of hydrogen-bond acceptors (Lipinski definition) is 4. The largest absolute Gasteiger partial charge is 0.497 e.